The van der Waals surface area contributed by atoms with Crippen LogP contribution in [0.3, 0.4) is 0 Å². The van der Waals surface area contributed by atoms with Gasteiger partial charge in [-0.1, -0.05) is 13.8 Å². The molecule has 1 heterocycles. The number of rotatable bonds is 4. The van der Waals surface area contributed by atoms with E-state index >= 15 is 0 Å². The molecule has 2 N–H and O–H groups in total. The molecule has 1 fully saturated rings. The average Bonchev–Trinajstić information content (AvgIpc) is 2.48. The first-order valence-electron chi connectivity index (χ1n) is 5.08. The van der Waals surface area contributed by atoms with Crippen LogP contribution in [-0.2, 0) is 0 Å². The van der Waals surface area contributed by atoms with Gasteiger partial charge in [0.2, 0.25) is 0 Å². The highest BCUT2D eigenvalue weighted by molar-refractivity contribution is 4.82. The number of nitrogens with one attached hydrogen (secondary N) is 1. The Morgan fingerprint density at radius 2 is 2.25 bits per heavy atom. The van der Waals surface area contributed by atoms with Crippen LogP contribution in [0.5, 0.6) is 0 Å². The van der Waals surface area contributed by atoms with Crippen LogP contribution in [0, 0.1) is 11.8 Å². The van der Waals surface area contributed by atoms with Gasteiger partial charge < -0.3 is 10.4 Å². The normalized spacial score (nSPS) is 30.0. The number of aliphatic hydroxyl groups is 1. The molecule has 72 valence electrons. The van der Waals surface area contributed by atoms with Crippen LogP contribution >= 0.6 is 0 Å². The maximum Gasteiger partial charge on any atom is 0.0431 e. The molecule has 2 nitrogen and oxygen atoms in total. The van der Waals surface area contributed by atoms with Crippen molar-refractivity contribution in [3.8, 4) is 0 Å². The second-order valence-electron chi connectivity index (χ2n) is 4.21. The largest absolute Gasteiger partial charge is 0.396 e. The molecule has 0 aliphatic carbocycles. The maximum atomic E-state index is 8.67. The van der Waals surface area contributed by atoms with Crippen molar-refractivity contribution >= 4 is 0 Å². The van der Waals surface area contributed by atoms with E-state index in [2.05, 4.69) is 19.2 Å². The standard InChI is InChI=1S/C10H21NO/c1-8(2)9-6-10(11-7-9)4-3-5-12/h8-12H,3-7H2,1-2H3/t9-,10+/m0/s1. The highest BCUT2D eigenvalue weighted by Crippen LogP contribution is 2.23. The summed E-state index contributed by atoms with van der Waals surface area (Å²) in [7, 11) is 0. The Balaban J connectivity index is 2.17. The zero-order valence-electron chi connectivity index (χ0n) is 8.21. The molecule has 0 amide bonds. The van der Waals surface area contributed by atoms with Gasteiger partial charge in [-0.3, -0.25) is 0 Å². The van der Waals surface area contributed by atoms with Crippen LogP contribution in [0.4, 0.5) is 0 Å². The highest BCUT2D eigenvalue weighted by atomic mass is 16.2. The fraction of sp³-hybridized carbons (Fsp3) is 1.00. The molecule has 0 spiro atoms. The van der Waals surface area contributed by atoms with E-state index in [1.165, 1.54) is 13.0 Å². The van der Waals surface area contributed by atoms with Crippen LogP contribution in [-0.4, -0.2) is 24.3 Å². The predicted molar refractivity (Wildman–Crippen MR) is 51.1 cm³/mol. The van der Waals surface area contributed by atoms with E-state index in [0.29, 0.717) is 12.6 Å². The van der Waals surface area contributed by atoms with Gasteiger partial charge >= 0.3 is 0 Å². The Kier molecular flexibility index (Phi) is 4.02. The first-order valence-corrected chi connectivity index (χ1v) is 5.08. The average molecular weight is 171 g/mol. The third-order valence-electron chi connectivity index (χ3n) is 2.91. The van der Waals surface area contributed by atoms with Crippen molar-refractivity contribution in [1.82, 2.24) is 5.32 Å². The van der Waals surface area contributed by atoms with E-state index in [9.17, 15) is 0 Å². The van der Waals surface area contributed by atoms with Crippen LogP contribution in [0.25, 0.3) is 0 Å². The summed E-state index contributed by atoms with van der Waals surface area (Å²) in [4.78, 5) is 0. The number of hydrogen-bond acceptors (Lipinski definition) is 2. The number of hydrogen-bond donors (Lipinski definition) is 2. The molecule has 0 radical (unpaired) electrons. The molecule has 0 aromatic carbocycles. The zero-order chi connectivity index (χ0) is 8.97. The molecule has 0 aromatic rings. The Labute approximate surface area is 75.4 Å². The highest BCUT2D eigenvalue weighted by Gasteiger charge is 2.25. The van der Waals surface area contributed by atoms with E-state index < -0.39 is 0 Å². The fourth-order valence-electron chi connectivity index (χ4n) is 1.92. The van der Waals surface area contributed by atoms with Gasteiger partial charge in [0.15, 0.2) is 0 Å². The molecule has 1 saturated heterocycles. The van der Waals surface area contributed by atoms with Gasteiger partial charge in [-0.2, -0.15) is 0 Å². The van der Waals surface area contributed by atoms with Crippen molar-refractivity contribution in [2.24, 2.45) is 11.8 Å². The topological polar surface area (TPSA) is 32.3 Å². The summed E-state index contributed by atoms with van der Waals surface area (Å²) in [5.41, 5.74) is 0. The number of aliphatic hydroxyl groups excluding tert-OH is 1. The summed E-state index contributed by atoms with van der Waals surface area (Å²) >= 11 is 0. The molecule has 0 unspecified atom stereocenters. The van der Waals surface area contributed by atoms with E-state index in [1.54, 1.807) is 0 Å². The SMILES string of the molecule is CC(C)[C@@H]1CN[C@H](CCCO)C1. The van der Waals surface area contributed by atoms with E-state index in [-0.39, 0.29) is 0 Å². The van der Waals surface area contributed by atoms with Crippen LogP contribution in [0.2, 0.25) is 0 Å². The van der Waals surface area contributed by atoms with Gasteiger partial charge in [-0.25, -0.2) is 0 Å². The lowest BCUT2D eigenvalue weighted by atomic mass is 9.92. The van der Waals surface area contributed by atoms with Crippen molar-refractivity contribution in [3.63, 3.8) is 0 Å². The smallest absolute Gasteiger partial charge is 0.0431 e. The summed E-state index contributed by atoms with van der Waals surface area (Å²) < 4.78 is 0. The van der Waals surface area contributed by atoms with E-state index in [0.717, 1.165) is 24.7 Å². The maximum absolute atomic E-state index is 8.67. The minimum Gasteiger partial charge on any atom is -0.396 e. The van der Waals surface area contributed by atoms with Crippen LogP contribution < -0.4 is 5.32 Å². The third-order valence-corrected chi connectivity index (χ3v) is 2.91. The van der Waals surface area contributed by atoms with Crippen molar-refractivity contribution in [2.45, 2.75) is 39.2 Å². The molecule has 1 aliphatic heterocycles. The van der Waals surface area contributed by atoms with Crippen molar-refractivity contribution in [2.75, 3.05) is 13.2 Å². The Bertz CT molecular complexity index is 125. The summed E-state index contributed by atoms with van der Waals surface area (Å²) in [6.45, 7) is 6.10. The van der Waals surface area contributed by atoms with Crippen LogP contribution in [0.15, 0.2) is 0 Å². The van der Waals surface area contributed by atoms with Gasteiger partial charge in [0.05, 0.1) is 0 Å². The molecule has 0 aromatic heterocycles. The summed E-state index contributed by atoms with van der Waals surface area (Å²) in [6.07, 6.45) is 3.39. The Morgan fingerprint density at radius 1 is 1.50 bits per heavy atom. The molecular formula is C10H21NO. The lowest BCUT2D eigenvalue weighted by molar-refractivity contribution is 0.276. The first-order chi connectivity index (χ1) is 5.74. The second kappa shape index (κ2) is 4.83. The molecule has 1 aliphatic rings. The first kappa shape index (κ1) is 10.0. The van der Waals surface area contributed by atoms with Crippen molar-refractivity contribution in [3.05, 3.63) is 0 Å². The quantitative estimate of drug-likeness (QED) is 0.670. The van der Waals surface area contributed by atoms with Gasteiger partial charge in [0.25, 0.3) is 0 Å². The Hall–Kier alpha value is -0.0800. The van der Waals surface area contributed by atoms with E-state index in [1.807, 2.05) is 0 Å². The zero-order valence-corrected chi connectivity index (χ0v) is 8.21. The fourth-order valence-corrected chi connectivity index (χ4v) is 1.92. The second-order valence-corrected chi connectivity index (χ2v) is 4.21. The monoisotopic (exact) mass is 171 g/mol. The lowest BCUT2D eigenvalue weighted by Gasteiger charge is -2.12. The molecule has 1 rings (SSSR count). The lowest BCUT2D eigenvalue weighted by Crippen LogP contribution is -2.21. The molecule has 12 heavy (non-hydrogen) atoms. The molecule has 2 heteroatoms. The molecule has 0 bridgehead atoms. The minimum absolute atomic E-state index is 0.338. The van der Waals surface area contributed by atoms with Gasteiger partial charge in [-0.05, 0) is 37.6 Å². The summed E-state index contributed by atoms with van der Waals surface area (Å²) in [5.74, 6) is 1.66. The van der Waals surface area contributed by atoms with Gasteiger partial charge in [-0.15, -0.1) is 0 Å². The summed E-state index contributed by atoms with van der Waals surface area (Å²) in [6, 6.07) is 0.671. The Morgan fingerprint density at radius 3 is 2.75 bits per heavy atom. The minimum atomic E-state index is 0.338. The molecule has 0 saturated carbocycles. The van der Waals surface area contributed by atoms with Crippen molar-refractivity contribution in [1.29, 1.82) is 0 Å². The van der Waals surface area contributed by atoms with Crippen molar-refractivity contribution < 1.29 is 5.11 Å². The molecular weight excluding hydrogens is 150 g/mol. The van der Waals surface area contributed by atoms with Gasteiger partial charge in [0.1, 0.15) is 0 Å². The molecule has 2 atom stereocenters. The predicted octanol–water partition coefficient (Wildman–Crippen LogP) is 1.39. The summed E-state index contributed by atoms with van der Waals surface area (Å²) in [5, 5.41) is 12.2. The van der Waals surface area contributed by atoms with Gasteiger partial charge in [0, 0.05) is 12.6 Å². The van der Waals surface area contributed by atoms with E-state index in [4.69, 9.17) is 5.11 Å². The van der Waals surface area contributed by atoms with Crippen LogP contribution in [0.1, 0.15) is 33.1 Å². The third kappa shape index (κ3) is 2.76.